The lowest BCUT2D eigenvalue weighted by molar-refractivity contribution is 0.102. The number of para-hydroxylation sites is 1. The van der Waals surface area contributed by atoms with Gasteiger partial charge in [-0.25, -0.2) is 18.7 Å². The molecule has 0 spiro atoms. The highest BCUT2D eigenvalue weighted by Crippen LogP contribution is 2.22. The molecule has 0 aliphatic rings. The van der Waals surface area contributed by atoms with E-state index in [1.807, 2.05) is 31.1 Å². The number of amides is 1. The predicted octanol–water partition coefficient (Wildman–Crippen LogP) is 4.13. The number of carbonyl (C=O) groups excluding carboxylic acids is 1. The molecule has 0 saturated carbocycles. The zero-order chi connectivity index (χ0) is 20.3. The van der Waals surface area contributed by atoms with E-state index >= 15 is 0 Å². The van der Waals surface area contributed by atoms with Crippen molar-refractivity contribution in [3.05, 3.63) is 71.6 Å². The molecule has 0 fully saturated rings. The van der Waals surface area contributed by atoms with Gasteiger partial charge in [0.05, 0.1) is 0 Å². The van der Waals surface area contributed by atoms with Gasteiger partial charge in [0.25, 0.3) is 5.91 Å². The summed E-state index contributed by atoms with van der Waals surface area (Å²) < 4.78 is 27.7. The summed E-state index contributed by atoms with van der Waals surface area (Å²) in [4.78, 5) is 22.6. The van der Waals surface area contributed by atoms with Crippen LogP contribution in [0.4, 0.5) is 31.8 Å². The van der Waals surface area contributed by atoms with Gasteiger partial charge in [-0.2, -0.15) is 0 Å². The first-order valence-corrected chi connectivity index (χ1v) is 8.49. The molecule has 0 radical (unpaired) electrons. The summed E-state index contributed by atoms with van der Waals surface area (Å²) in [6.07, 6.45) is 0. The van der Waals surface area contributed by atoms with Crippen LogP contribution >= 0.6 is 0 Å². The molecule has 3 rings (SSSR count). The van der Waals surface area contributed by atoms with Crippen LogP contribution in [0, 0.1) is 18.6 Å². The van der Waals surface area contributed by atoms with Crippen LogP contribution in [0.3, 0.4) is 0 Å². The Morgan fingerprint density at radius 3 is 2.25 bits per heavy atom. The molecule has 0 saturated heterocycles. The normalized spacial score (nSPS) is 10.5. The monoisotopic (exact) mass is 383 g/mol. The van der Waals surface area contributed by atoms with Gasteiger partial charge in [0.15, 0.2) is 0 Å². The standard InChI is InChI=1S/C20H19F2N5O/c1-12-11-17(19(28)24-13-7-9-14(10-8-13)27(2)3)25-20(23-12)26-18-15(21)5-4-6-16(18)22/h4-11H,1-3H3,(H,24,28)(H,23,25,26). The van der Waals surface area contributed by atoms with Crippen molar-refractivity contribution in [3.63, 3.8) is 0 Å². The van der Waals surface area contributed by atoms with Crippen molar-refractivity contribution in [1.82, 2.24) is 9.97 Å². The minimum absolute atomic E-state index is 0.0721. The quantitative estimate of drug-likeness (QED) is 0.693. The Morgan fingerprint density at radius 2 is 1.64 bits per heavy atom. The van der Waals surface area contributed by atoms with E-state index in [1.165, 1.54) is 12.1 Å². The SMILES string of the molecule is Cc1cc(C(=O)Nc2ccc(N(C)C)cc2)nc(Nc2c(F)cccc2F)n1. The Balaban J connectivity index is 1.81. The summed E-state index contributed by atoms with van der Waals surface area (Å²) >= 11 is 0. The fraction of sp³-hybridized carbons (Fsp3) is 0.150. The molecule has 1 heterocycles. The van der Waals surface area contributed by atoms with E-state index in [0.717, 1.165) is 17.8 Å². The van der Waals surface area contributed by atoms with E-state index in [0.29, 0.717) is 11.4 Å². The molecule has 0 aliphatic carbocycles. The zero-order valence-corrected chi connectivity index (χ0v) is 15.6. The Bertz CT molecular complexity index is 986. The van der Waals surface area contributed by atoms with Gasteiger partial charge in [-0.3, -0.25) is 4.79 Å². The molecule has 28 heavy (non-hydrogen) atoms. The van der Waals surface area contributed by atoms with Crippen molar-refractivity contribution in [2.45, 2.75) is 6.92 Å². The van der Waals surface area contributed by atoms with Crippen LogP contribution in [0.2, 0.25) is 0 Å². The van der Waals surface area contributed by atoms with E-state index in [1.54, 1.807) is 19.1 Å². The van der Waals surface area contributed by atoms with Gasteiger partial charge in [-0.15, -0.1) is 0 Å². The maximum Gasteiger partial charge on any atom is 0.274 e. The second-order valence-electron chi connectivity index (χ2n) is 6.34. The van der Waals surface area contributed by atoms with Crippen LogP contribution in [0.15, 0.2) is 48.5 Å². The first-order chi connectivity index (χ1) is 13.3. The van der Waals surface area contributed by atoms with Crippen LogP contribution in [-0.2, 0) is 0 Å². The second-order valence-corrected chi connectivity index (χ2v) is 6.34. The van der Waals surface area contributed by atoms with Crippen molar-refractivity contribution in [1.29, 1.82) is 0 Å². The minimum Gasteiger partial charge on any atom is -0.378 e. The molecule has 0 bridgehead atoms. The van der Waals surface area contributed by atoms with Gasteiger partial charge in [-0.05, 0) is 49.4 Å². The number of anilines is 4. The largest absolute Gasteiger partial charge is 0.378 e. The number of halogens is 2. The average molecular weight is 383 g/mol. The van der Waals surface area contributed by atoms with Crippen molar-refractivity contribution < 1.29 is 13.6 Å². The molecule has 8 heteroatoms. The molecule has 144 valence electrons. The maximum atomic E-state index is 13.8. The van der Waals surface area contributed by atoms with E-state index in [9.17, 15) is 13.6 Å². The van der Waals surface area contributed by atoms with Crippen molar-refractivity contribution in [2.75, 3.05) is 29.6 Å². The number of nitrogens with one attached hydrogen (secondary N) is 2. The first kappa shape index (κ1) is 19.2. The van der Waals surface area contributed by atoms with Gasteiger partial charge in [-0.1, -0.05) is 6.07 Å². The number of aromatic nitrogens is 2. The molecule has 3 aromatic rings. The second kappa shape index (κ2) is 7.99. The number of benzene rings is 2. The summed E-state index contributed by atoms with van der Waals surface area (Å²) in [7, 11) is 3.84. The van der Waals surface area contributed by atoms with Gasteiger partial charge < -0.3 is 15.5 Å². The summed E-state index contributed by atoms with van der Waals surface area (Å²) in [5.41, 5.74) is 1.76. The fourth-order valence-electron chi connectivity index (χ4n) is 2.51. The van der Waals surface area contributed by atoms with Crippen LogP contribution < -0.4 is 15.5 Å². The molecule has 2 aromatic carbocycles. The van der Waals surface area contributed by atoms with Gasteiger partial charge in [0.2, 0.25) is 5.95 Å². The first-order valence-electron chi connectivity index (χ1n) is 8.49. The van der Waals surface area contributed by atoms with E-state index in [2.05, 4.69) is 20.6 Å². The molecule has 1 amide bonds. The number of carbonyl (C=O) groups is 1. The number of hydrogen-bond acceptors (Lipinski definition) is 5. The highest BCUT2D eigenvalue weighted by atomic mass is 19.1. The Morgan fingerprint density at radius 1 is 1.00 bits per heavy atom. The number of rotatable bonds is 5. The third-order valence-electron chi connectivity index (χ3n) is 3.93. The summed E-state index contributed by atoms with van der Waals surface area (Å²) in [5, 5.41) is 5.24. The molecule has 2 N–H and O–H groups in total. The third-order valence-corrected chi connectivity index (χ3v) is 3.93. The topological polar surface area (TPSA) is 70.2 Å². The maximum absolute atomic E-state index is 13.8. The molecule has 0 aliphatic heterocycles. The minimum atomic E-state index is -0.780. The predicted molar refractivity (Wildman–Crippen MR) is 105 cm³/mol. The number of aryl methyl sites for hydroxylation is 1. The number of hydrogen-bond donors (Lipinski definition) is 2. The third kappa shape index (κ3) is 4.40. The Hall–Kier alpha value is -3.55. The van der Waals surface area contributed by atoms with Gasteiger partial charge in [0, 0.05) is 31.2 Å². The summed E-state index contributed by atoms with van der Waals surface area (Å²) in [6.45, 7) is 1.66. The van der Waals surface area contributed by atoms with Crippen molar-refractivity contribution >= 4 is 28.9 Å². The smallest absolute Gasteiger partial charge is 0.274 e. The van der Waals surface area contributed by atoms with Crippen LogP contribution in [-0.4, -0.2) is 30.0 Å². The molecular weight excluding hydrogens is 364 g/mol. The summed E-state index contributed by atoms with van der Waals surface area (Å²) in [5.74, 6) is -2.09. The van der Waals surface area contributed by atoms with E-state index in [-0.39, 0.29) is 17.3 Å². The average Bonchev–Trinajstić information content (AvgIpc) is 2.65. The van der Waals surface area contributed by atoms with Crippen LogP contribution in [0.25, 0.3) is 0 Å². The molecule has 0 atom stereocenters. The van der Waals surface area contributed by atoms with E-state index in [4.69, 9.17) is 0 Å². The lowest BCUT2D eigenvalue weighted by Gasteiger charge is -2.13. The van der Waals surface area contributed by atoms with Crippen molar-refractivity contribution in [2.24, 2.45) is 0 Å². The Kier molecular flexibility index (Phi) is 5.49. The van der Waals surface area contributed by atoms with Crippen LogP contribution in [0.1, 0.15) is 16.2 Å². The fourth-order valence-corrected chi connectivity index (χ4v) is 2.51. The Labute approximate surface area is 161 Å². The highest BCUT2D eigenvalue weighted by molar-refractivity contribution is 6.03. The van der Waals surface area contributed by atoms with Crippen molar-refractivity contribution in [3.8, 4) is 0 Å². The molecule has 1 aromatic heterocycles. The lowest BCUT2D eigenvalue weighted by atomic mass is 10.2. The zero-order valence-electron chi connectivity index (χ0n) is 15.6. The van der Waals surface area contributed by atoms with E-state index < -0.39 is 17.5 Å². The number of nitrogens with zero attached hydrogens (tertiary/aromatic N) is 3. The molecule has 0 unspecified atom stereocenters. The highest BCUT2D eigenvalue weighted by Gasteiger charge is 2.14. The van der Waals surface area contributed by atoms with Gasteiger partial charge >= 0.3 is 0 Å². The van der Waals surface area contributed by atoms with Gasteiger partial charge in [0.1, 0.15) is 23.0 Å². The van der Waals surface area contributed by atoms with Crippen LogP contribution in [0.5, 0.6) is 0 Å². The lowest BCUT2D eigenvalue weighted by Crippen LogP contribution is -2.16. The summed E-state index contributed by atoms with van der Waals surface area (Å²) in [6, 6.07) is 12.3. The molecular formula is C20H19F2N5O. The molecule has 6 nitrogen and oxygen atoms in total.